The van der Waals surface area contributed by atoms with E-state index in [0.29, 0.717) is 17.1 Å². The first kappa shape index (κ1) is 24.3. The molecule has 0 radical (unpaired) electrons. The first-order chi connectivity index (χ1) is 15.6. The van der Waals surface area contributed by atoms with Crippen LogP contribution in [0.15, 0.2) is 65.6 Å². The maximum atomic E-state index is 13.6. The minimum absolute atomic E-state index is 0.00177. The zero-order valence-electron chi connectivity index (χ0n) is 19.7. The van der Waals surface area contributed by atoms with E-state index in [1.807, 2.05) is 45.9 Å². The summed E-state index contributed by atoms with van der Waals surface area (Å²) in [7, 11) is -2.33. The fourth-order valence-corrected chi connectivity index (χ4v) is 5.16. The van der Waals surface area contributed by atoms with Crippen LogP contribution < -0.4 is 14.4 Å². The molecular formula is C26H30N2O4S. The number of carbonyl (C=O) groups is 1. The van der Waals surface area contributed by atoms with E-state index in [9.17, 15) is 13.2 Å². The van der Waals surface area contributed by atoms with E-state index in [4.69, 9.17) is 4.74 Å². The number of amides is 1. The normalized spacial score (nSPS) is 11.2. The third kappa shape index (κ3) is 5.93. The predicted octanol–water partition coefficient (Wildman–Crippen LogP) is 5.15. The Kier molecular flexibility index (Phi) is 7.43. The molecule has 1 N–H and O–H groups in total. The molecule has 0 atom stereocenters. The molecule has 0 bridgehead atoms. The van der Waals surface area contributed by atoms with E-state index >= 15 is 0 Å². The highest BCUT2D eigenvalue weighted by atomic mass is 32.2. The molecule has 0 aliphatic carbocycles. The van der Waals surface area contributed by atoms with E-state index in [-0.39, 0.29) is 23.8 Å². The Bertz CT molecular complexity index is 1230. The maximum absolute atomic E-state index is 13.6. The number of hydrogen-bond donors (Lipinski definition) is 1. The van der Waals surface area contributed by atoms with Gasteiger partial charge in [-0.15, -0.1) is 0 Å². The zero-order valence-corrected chi connectivity index (χ0v) is 20.5. The Hall–Kier alpha value is -3.32. The van der Waals surface area contributed by atoms with Gasteiger partial charge >= 0.3 is 0 Å². The summed E-state index contributed by atoms with van der Waals surface area (Å²) in [4.78, 5) is 12.9. The highest BCUT2D eigenvalue weighted by Crippen LogP contribution is 2.27. The second-order valence-electron chi connectivity index (χ2n) is 8.20. The van der Waals surface area contributed by atoms with E-state index in [1.165, 1.54) is 4.31 Å². The molecule has 0 aromatic heterocycles. The number of anilines is 2. The summed E-state index contributed by atoms with van der Waals surface area (Å²) in [5.74, 6) is 0.364. The van der Waals surface area contributed by atoms with Gasteiger partial charge in [-0.3, -0.25) is 9.10 Å². The van der Waals surface area contributed by atoms with Crippen LogP contribution in [0.2, 0.25) is 0 Å². The second-order valence-corrected chi connectivity index (χ2v) is 10.1. The summed E-state index contributed by atoms with van der Waals surface area (Å²) in [5.41, 5.74) is 5.15. The molecule has 174 valence electrons. The molecule has 3 rings (SSSR count). The number of hydrogen-bond acceptors (Lipinski definition) is 4. The molecule has 0 aliphatic rings. The monoisotopic (exact) mass is 466 g/mol. The molecule has 0 spiro atoms. The lowest BCUT2D eigenvalue weighted by Crippen LogP contribution is -2.34. The lowest BCUT2D eigenvalue weighted by atomic mass is 10.1. The summed E-state index contributed by atoms with van der Waals surface area (Å²) in [6.07, 6.45) is 0.00307. The van der Waals surface area contributed by atoms with Crippen molar-refractivity contribution in [2.45, 2.75) is 39.0 Å². The third-order valence-corrected chi connectivity index (χ3v) is 7.30. The Morgan fingerprint density at radius 2 is 1.52 bits per heavy atom. The molecule has 6 nitrogen and oxygen atoms in total. The highest BCUT2D eigenvalue weighted by molar-refractivity contribution is 7.92. The standard InChI is InChI=1S/C26H30N2O4S/c1-18-14-19(2)16-22(15-18)27-26(29)12-13-28(23-7-9-24(32-5)10-8-23)33(30,31)25-11-6-20(3)21(4)17-25/h6-11,14-17H,12-13H2,1-5H3,(H,27,29). The third-order valence-electron chi connectivity index (χ3n) is 5.47. The van der Waals surface area contributed by atoms with Gasteiger partial charge in [0.1, 0.15) is 5.75 Å². The van der Waals surface area contributed by atoms with Gasteiger partial charge in [-0.2, -0.15) is 0 Å². The molecule has 0 unspecified atom stereocenters. The summed E-state index contributed by atoms with van der Waals surface area (Å²) in [5, 5.41) is 2.88. The number of rotatable bonds is 8. The van der Waals surface area contributed by atoms with Crippen molar-refractivity contribution >= 4 is 27.3 Å². The van der Waals surface area contributed by atoms with E-state index in [0.717, 1.165) is 22.3 Å². The van der Waals surface area contributed by atoms with Crippen LogP contribution in [-0.4, -0.2) is 28.0 Å². The first-order valence-corrected chi connectivity index (χ1v) is 12.2. The molecule has 0 saturated carbocycles. The minimum atomic E-state index is -3.88. The average Bonchev–Trinajstić information content (AvgIpc) is 2.75. The minimum Gasteiger partial charge on any atom is -0.497 e. The van der Waals surface area contributed by atoms with Gasteiger partial charge in [0.25, 0.3) is 10.0 Å². The maximum Gasteiger partial charge on any atom is 0.264 e. The molecule has 33 heavy (non-hydrogen) atoms. The van der Waals surface area contributed by atoms with Gasteiger partial charge in [-0.1, -0.05) is 12.1 Å². The SMILES string of the molecule is COc1ccc(N(CCC(=O)Nc2cc(C)cc(C)c2)S(=O)(=O)c2ccc(C)c(C)c2)cc1. The Labute approximate surface area is 196 Å². The molecule has 0 heterocycles. The lowest BCUT2D eigenvalue weighted by molar-refractivity contribution is -0.116. The Morgan fingerprint density at radius 1 is 0.879 bits per heavy atom. The highest BCUT2D eigenvalue weighted by Gasteiger charge is 2.26. The van der Waals surface area contributed by atoms with Crippen LogP contribution in [0, 0.1) is 27.7 Å². The fourth-order valence-electron chi connectivity index (χ4n) is 3.61. The van der Waals surface area contributed by atoms with Crippen LogP contribution in [-0.2, 0) is 14.8 Å². The number of methoxy groups -OCH3 is 1. The average molecular weight is 467 g/mol. The van der Waals surface area contributed by atoms with Gasteiger partial charge in [0, 0.05) is 18.7 Å². The number of ether oxygens (including phenoxy) is 1. The molecule has 1 amide bonds. The lowest BCUT2D eigenvalue weighted by Gasteiger charge is -2.25. The van der Waals surface area contributed by atoms with Crippen LogP contribution in [0.3, 0.4) is 0 Å². The Morgan fingerprint density at radius 3 is 2.09 bits per heavy atom. The number of aryl methyl sites for hydroxylation is 4. The number of nitrogens with one attached hydrogen (secondary N) is 1. The van der Waals surface area contributed by atoms with Gasteiger partial charge in [0.15, 0.2) is 0 Å². The smallest absolute Gasteiger partial charge is 0.264 e. The number of benzene rings is 3. The van der Waals surface area contributed by atoms with Crippen LogP contribution in [0.25, 0.3) is 0 Å². The number of sulfonamides is 1. The summed E-state index contributed by atoms with van der Waals surface area (Å²) < 4.78 is 33.6. The van der Waals surface area contributed by atoms with Crippen molar-refractivity contribution in [2.75, 3.05) is 23.3 Å². The van der Waals surface area contributed by atoms with Crippen molar-refractivity contribution in [3.8, 4) is 5.75 Å². The van der Waals surface area contributed by atoms with Crippen LogP contribution in [0.4, 0.5) is 11.4 Å². The molecule has 0 aliphatic heterocycles. The van der Waals surface area contributed by atoms with Crippen LogP contribution in [0.1, 0.15) is 28.7 Å². The van der Waals surface area contributed by atoms with Crippen molar-refractivity contribution in [1.82, 2.24) is 0 Å². The summed E-state index contributed by atoms with van der Waals surface area (Å²) in [6, 6.07) is 17.6. The molecule has 3 aromatic rings. The van der Waals surface area contributed by atoms with E-state index in [2.05, 4.69) is 5.32 Å². The van der Waals surface area contributed by atoms with E-state index < -0.39 is 10.0 Å². The molecule has 3 aromatic carbocycles. The first-order valence-electron chi connectivity index (χ1n) is 10.7. The van der Waals surface area contributed by atoms with Crippen molar-refractivity contribution in [3.63, 3.8) is 0 Å². The molecule has 0 fully saturated rings. The van der Waals surface area contributed by atoms with Gasteiger partial charge in [0.05, 0.1) is 17.7 Å². The van der Waals surface area contributed by atoms with Crippen LogP contribution >= 0.6 is 0 Å². The van der Waals surface area contributed by atoms with Gasteiger partial charge < -0.3 is 10.1 Å². The van der Waals surface area contributed by atoms with Crippen molar-refractivity contribution in [3.05, 3.63) is 82.9 Å². The van der Waals surface area contributed by atoms with E-state index in [1.54, 1.807) is 49.6 Å². The van der Waals surface area contributed by atoms with Gasteiger partial charge in [0.2, 0.25) is 5.91 Å². The zero-order chi connectivity index (χ0) is 24.2. The summed E-state index contributed by atoms with van der Waals surface area (Å²) in [6.45, 7) is 7.74. The summed E-state index contributed by atoms with van der Waals surface area (Å²) >= 11 is 0. The van der Waals surface area contributed by atoms with Crippen molar-refractivity contribution in [2.24, 2.45) is 0 Å². The number of nitrogens with zero attached hydrogens (tertiary/aromatic N) is 1. The largest absolute Gasteiger partial charge is 0.497 e. The van der Waals surface area contributed by atoms with Gasteiger partial charge in [-0.25, -0.2) is 8.42 Å². The predicted molar refractivity (Wildman–Crippen MR) is 133 cm³/mol. The van der Waals surface area contributed by atoms with Gasteiger partial charge in [-0.05, 0) is 98.5 Å². The van der Waals surface area contributed by atoms with Crippen molar-refractivity contribution in [1.29, 1.82) is 0 Å². The Balaban J connectivity index is 1.88. The molecular weight excluding hydrogens is 436 g/mol. The topological polar surface area (TPSA) is 75.7 Å². The number of carbonyl (C=O) groups excluding carboxylic acids is 1. The molecule has 0 saturated heterocycles. The molecule has 7 heteroatoms. The van der Waals surface area contributed by atoms with Crippen LogP contribution in [0.5, 0.6) is 5.75 Å². The quantitative estimate of drug-likeness (QED) is 0.498. The van der Waals surface area contributed by atoms with Crippen molar-refractivity contribution < 1.29 is 17.9 Å². The fraction of sp³-hybridized carbons (Fsp3) is 0.269. The second kappa shape index (κ2) is 10.1.